The van der Waals surface area contributed by atoms with E-state index in [1.165, 1.54) is 167 Å². The Hall–Kier alpha value is -5.09. The number of rotatable bonds is 72. The normalized spacial score (nSPS) is 13.5. The topological polar surface area (TPSA) is 111 Å². The van der Waals surface area contributed by atoms with Crippen LogP contribution in [0.1, 0.15) is 322 Å². The summed E-state index contributed by atoms with van der Waals surface area (Å²) in [5, 5.41) is 11.9. The zero-order chi connectivity index (χ0) is 70.4. The third-order valence-electron chi connectivity index (χ3n) is 16.8. The molecule has 0 saturated heterocycles. The van der Waals surface area contributed by atoms with E-state index in [2.05, 4.69) is 172 Å². The van der Waals surface area contributed by atoms with Crippen LogP contribution in [0.4, 0.5) is 0 Å². The van der Waals surface area contributed by atoms with Gasteiger partial charge in [0.15, 0.2) is 12.4 Å². The Balaban J connectivity index is 4.12. The van der Waals surface area contributed by atoms with Crippen LogP contribution in [0, 0.1) is 0 Å². The van der Waals surface area contributed by atoms with Crippen molar-refractivity contribution in [2.75, 3.05) is 47.5 Å². The smallest absolute Gasteiger partial charge is 0.306 e. The van der Waals surface area contributed by atoms with Gasteiger partial charge in [0.25, 0.3) is 0 Å². The van der Waals surface area contributed by atoms with Crippen LogP contribution >= 0.6 is 0 Å². The summed E-state index contributed by atoms with van der Waals surface area (Å²) < 4.78 is 22.8. The molecule has 0 radical (unpaired) electrons. The number of carbonyl (C=O) groups excluding carboxylic acids is 3. The number of allylic oxidation sites excluding steroid dienone is 26. The van der Waals surface area contributed by atoms with Gasteiger partial charge in [-0.05, 0) is 128 Å². The maximum absolute atomic E-state index is 13.0. The number of nitrogens with zero attached hydrogens (tertiary/aromatic N) is 1. The van der Waals surface area contributed by atoms with Gasteiger partial charge in [0.05, 0.1) is 40.3 Å². The van der Waals surface area contributed by atoms with Crippen molar-refractivity contribution < 1.29 is 42.9 Å². The Morgan fingerprint density at radius 3 is 0.876 bits per heavy atom. The van der Waals surface area contributed by atoms with E-state index in [9.17, 15) is 19.5 Å². The summed E-state index contributed by atoms with van der Waals surface area (Å²) >= 11 is 0. The van der Waals surface area contributed by atoms with E-state index in [4.69, 9.17) is 18.9 Å². The molecule has 0 aromatic rings. The van der Waals surface area contributed by atoms with Crippen molar-refractivity contribution in [3.63, 3.8) is 0 Å². The standard InChI is InChI=1S/C88H147NO8/c1-6-8-10-12-14-16-18-20-22-24-26-28-30-32-34-36-38-40-42-43-45-46-48-50-52-54-56-58-60-62-64-66-68-70-72-74-76-78-85(90)95-82-84(83-96-88(87(92)93)94-81-80-89(3,4)5)97-86(91)79-77-75-73-71-69-67-65-63-61-59-57-55-53-51-49-47-44-41-39-37-35-33-31-29-27-25-23-21-19-17-15-13-11-9-7-2/h9,11,15,17-18,20-21,23-24,26-27,29-30,32-33,35,39,41,47,49,53,55,59,61,65,67,84,88H,6-8,10,12-14,16,19,22,25,28,31,34,36-38,40,42-46,48,50-52,54,56-58,60,62-64,66,68-83H2,1-5H3/b11-9-,17-15-,20-18-,23-21-,26-24-,29-27-,32-30-,35-33-,41-39-,49-47-,55-53-,61-59-,67-65-. The molecule has 0 fully saturated rings. The number of carboxylic acid groups (broad SMARTS) is 1. The molecular formula is C88H147NO8. The molecule has 0 saturated carbocycles. The Morgan fingerprint density at radius 1 is 0.320 bits per heavy atom. The number of carbonyl (C=O) groups is 3. The third kappa shape index (κ3) is 78.1. The quantitative estimate of drug-likeness (QED) is 0.0195. The molecule has 0 spiro atoms. The molecule has 0 aromatic heterocycles. The minimum atomic E-state index is -1.64. The molecule has 0 bridgehead atoms. The fourth-order valence-electron chi connectivity index (χ4n) is 10.8. The lowest BCUT2D eigenvalue weighted by Gasteiger charge is -2.26. The average Bonchev–Trinajstić information content (AvgIpc) is 3.74. The second-order valence-electron chi connectivity index (χ2n) is 27.3. The summed E-state index contributed by atoms with van der Waals surface area (Å²) in [6, 6.07) is 0. The maximum atomic E-state index is 13.0. The van der Waals surface area contributed by atoms with Crippen LogP contribution in [0.5, 0.6) is 0 Å². The highest BCUT2D eigenvalue weighted by Gasteiger charge is 2.22. The van der Waals surface area contributed by atoms with Gasteiger partial charge in [-0.2, -0.15) is 0 Å². The molecule has 552 valence electrons. The van der Waals surface area contributed by atoms with Gasteiger partial charge in [0.2, 0.25) is 0 Å². The highest BCUT2D eigenvalue weighted by Crippen LogP contribution is 2.18. The van der Waals surface area contributed by atoms with Crippen molar-refractivity contribution in [2.24, 2.45) is 0 Å². The number of esters is 2. The van der Waals surface area contributed by atoms with Gasteiger partial charge in [-0.1, -0.05) is 339 Å². The van der Waals surface area contributed by atoms with Gasteiger partial charge in [-0.15, -0.1) is 0 Å². The Morgan fingerprint density at radius 2 is 0.588 bits per heavy atom. The third-order valence-corrected chi connectivity index (χ3v) is 16.8. The van der Waals surface area contributed by atoms with Gasteiger partial charge in [0, 0.05) is 12.8 Å². The van der Waals surface area contributed by atoms with Crippen LogP contribution in [-0.2, 0) is 33.3 Å². The first-order valence-corrected chi connectivity index (χ1v) is 39.6. The summed E-state index contributed by atoms with van der Waals surface area (Å²) in [6.45, 7) is 4.60. The second-order valence-corrected chi connectivity index (χ2v) is 27.3. The Bertz CT molecular complexity index is 2160. The number of ether oxygens (including phenoxy) is 4. The zero-order valence-corrected chi connectivity index (χ0v) is 63.1. The summed E-state index contributed by atoms with van der Waals surface area (Å²) in [7, 11) is 5.92. The summed E-state index contributed by atoms with van der Waals surface area (Å²) in [6.07, 6.45) is 111. The highest BCUT2D eigenvalue weighted by atomic mass is 16.7. The molecular weight excluding hydrogens is 1200 g/mol. The van der Waals surface area contributed by atoms with Crippen LogP contribution in [0.3, 0.4) is 0 Å². The van der Waals surface area contributed by atoms with Crippen LogP contribution in [0.25, 0.3) is 0 Å². The molecule has 9 nitrogen and oxygen atoms in total. The van der Waals surface area contributed by atoms with E-state index in [0.717, 1.165) is 122 Å². The highest BCUT2D eigenvalue weighted by molar-refractivity contribution is 5.70. The number of carboxylic acids is 1. The number of likely N-dealkylation sites (N-methyl/N-ethyl adjacent to an activating group) is 1. The van der Waals surface area contributed by atoms with E-state index < -0.39 is 24.3 Å². The summed E-state index contributed by atoms with van der Waals surface area (Å²) in [5.74, 6) is -2.32. The van der Waals surface area contributed by atoms with Crippen LogP contribution in [0.2, 0.25) is 0 Å². The second kappa shape index (κ2) is 76.7. The van der Waals surface area contributed by atoms with Crippen LogP contribution < -0.4 is 5.11 Å². The van der Waals surface area contributed by atoms with E-state index in [0.29, 0.717) is 17.4 Å². The number of aliphatic carboxylic acids is 1. The van der Waals surface area contributed by atoms with Crippen molar-refractivity contribution in [1.82, 2.24) is 0 Å². The van der Waals surface area contributed by atoms with Crippen molar-refractivity contribution in [2.45, 2.75) is 334 Å². The largest absolute Gasteiger partial charge is 0.545 e. The van der Waals surface area contributed by atoms with Crippen molar-refractivity contribution in [1.29, 1.82) is 0 Å². The van der Waals surface area contributed by atoms with E-state index in [1.807, 2.05) is 21.1 Å². The molecule has 0 aromatic carbocycles. The molecule has 0 heterocycles. The zero-order valence-electron chi connectivity index (χ0n) is 63.1. The van der Waals surface area contributed by atoms with Gasteiger partial charge < -0.3 is 33.3 Å². The molecule has 2 atom stereocenters. The van der Waals surface area contributed by atoms with Crippen molar-refractivity contribution >= 4 is 17.9 Å². The van der Waals surface area contributed by atoms with Crippen molar-refractivity contribution in [3.8, 4) is 0 Å². The molecule has 0 aliphatic carbocycles. The van der Waals surface area contributed by atoms with Crippen LogP contribution in [-0.4, -0.2) is 82.3 Å². The first-order chi connectivity index (χ1) is 47.6. The van der Waals surface area contributed by atoms with Gasteiger partial charge in [-0.3, -0.25) is 9.59 Å². The molecule has 0 N–H and O–H groups in total. The summed E-state index contributed by atoms with van der Waals surface area (Å²) in [4.78, 5) is 37.6. The monoisotopic (exact) mass is 1350 g/mol. The minimum absolute atomic E-state index is 0.136. The average molecular weight is 1350 g/mol. The van der Waals surface area contributed by atoms with Crippen molar-refractivity contribution in [3.05, 3.63) is 158 Å². The number of hydrogen-bond acceptors (Lipinski definition) is 8. The predicted octanol–water partition coefficient (Wildman–Crippen LogP) is 24.3. The van der Waals surface area contributed by atoms with Crippen LogP contribution in [0.15, 0.2) is 158 Å². The van der Waals surface area contributed by atoms with E-state index >= 15 is 0 Å². The molecule has 0 rings (SSSR count). The first-order valence-electron chi connectivity index (χ1n) is 39.6. The lowest BCUT2D eigenvalue weighted by molar-refractivity contribution is -0.870. The number of unbranched alkanes of at least 4 members (excludes halogenated alkanes) is 31. The van der Waals surface area contributed by atoms with Gasteiger partial charge >= 0.3 is 11.9 Å². The molecule has 97 heavy (non-hydrogen) atoms. The number of hydrogen-bond donors (Lipinski definition) is 0. The molecule has 0 amide bonds. The van der Waals surface area contributed by atoms with Gasteiger partial charge in [-0.25, -0.2) is 0 Å². The lowest BCUT2D eigenvalue weighted by Crippen LogP contribution is -2.44. The molecule has 0 aliphatic heterocycles. The Kier molecular flexibility index (Phi) is 72.6. The SMILES string of the molecule is CC/C=C\C/C=C\C/C=C\C/C=C\C/C=C\C/C=C\C/C=C\C/C=C\C/C=C\C/C=C\CCCCCCC(=O)OC(COC(=O)CCCCCCCCCCCCCCCCCCCCCCCC/C=C\C/C=C\C/C=C\CCCCCCC)COC(OCC[N+](C)(C)C)C(=O)[O-]. The lowest BCUT2D eigenvalue weighted by atomic mass is 10.0. The first kappa shape index (κ1) is 91.9. The summed E-state index contributed by atoms with van der Waals surface area (Å²) in [5.41, 5.74) is 0. The van der Waals surface area contributed by atoms with E-state index in [-0.39, 0.29) is 38.6 Å². The maximum Gasteiger partial charge on any atom is 0.306 e. The van der Waals surface area contributed by atoms with E-state index in [1.54, 1.807) is 0 Å². The fourth-order valence-corrected chi connectivity index (χ4v) is 10.8. The molecule has 2 unspecified atom stereocenters. The molecule has 0 aliphatic rings. The van der Waals surface area contributed by atoms with Gasteiger partial charge in [0.1, 0.15) is 13.2 Å². The minimum Gasteiger partial charge on any atom is -0.545 e. The number of quaternary nitrogens is 1. The predicted molar refractivity (Wildman–Crippen MR) is 416 cm³/mol. The molecule has 9 heteroatoms. The fraction of sp³-hybridized carbons (Fsp3) is 0.670. The Labute approximate surface area is 597 Å².